The molecular formula is C29H28N4O11. The van der Waals surface area contributed by atoms with Gasteiger partial charge in [-0.05, 0) is 24.3 Å². The third-order valence-corrected chi connectivity index (χ3v) is 6.78. The second-order valence-corrected chi connectivity index (χ2v) is 9.95. The lowest BCUT2D eigenvalue weighted by Crippen LogP contribution is -2.61. The lowest BCUT2D eigenvalue weighted by atomic mass is 9.97. The Kier molecular flexibility index (Phi) is 8.31. The molecule has 44 heavy (non-hydrogen) atoms. The van der Waals surface area contributed by atoms with Gasteiger partial charge in [0.25, 0.3) is 5.56 Å². The van der Waals surface area contributed by atoms with Crippen LogP contribution in [0.4, 0.5) is 0 Å². The fourth-order valence-electron chi connectivity index (χ4n) is 5.17. The highest BCUT2D eigenvalue weighted by Crippen LogP contribution is 2.34. The van der Waals surface area contributed by atoms with Crippen LogP contribution in [0.2, 0.25) is 0 Å². The first kappa shape index (κ1) is 30.2. The van der Waals surface area contributed by atoms with Crippen LogP contribution in [0.5, 0.6) is 0 Å². The molecule has 4 aromatic rings. The van der Waals surface area contributed by atoms with E-state index in [1.165, 1.54) is 8.97 Å². The molecule has 1 aliphatic rings. The van der Waals surface area contributed by atoms with E-state index in [4.69, 9.17) is 23.7 Å². The Balaban J connectivity index is 1.78. The summed E-state index contributed by atoms with van der Waals surface area (Å²) in [7, 11) is 0. The average Bonchev–Trinajstić information content (AvgIpc) is 3.30. The quantitative estimate of drug-likeness (QED) is 0.216. The number of aromatic nitrogens is 4. The van der Waals surface area contributed by atoms with Crippen molar-refractivity contribution < 1.29 is 42.9 Å². The summed E-state index contributed by atoms with van der Waals surface area (Å²) in [6, 6.07) is 14.9. The van der Waals surface area contributed by atoms with Gasteiger partial charge in [-0.3, -0.25) is 24.0 Å². The van der Waals surface area contributed by atoms with E-state index in [1.54, 1.807) is 54.6 Å². The summed E-state index contributed by atoms with van der Waals surface area (Å²) in [6.45, 7) is 3.92. The predicted molar refractivity (Wildman–Crippen MR) is 150 cm³/mol. The zero-order chi connectivity index (χ0) is 31.7. The van der Waals surface area contributed by atoms with Crippen molar-refractivity contribution in [1.29, 1.82) is 0 Å². The molecule has 0 amide bonds. The van der Waals surface area contributed by atoms with Gasteiger partial charge in [0.1, 0.15) is 12.7 Å². The van der Waals surface area contributed by atoms with Gasteiger partial charge in [0.05, 0.1) is 16.6 Å². The number of hydrogen-bond acceptors (Lipinski definition) is 12. The molecular weight excluding hydrogens is 580 g/mol. The molecule has 1 aliphatic heterocycles. The molecule has 5 rings (SSSR count). The third kappa shape index (κ3) is 5.68. The number of benzene rings is 2. The highest BCUT2D eigenvalue weighted by Gasteiger charge is 2.54. The van der Waals surface area contributed by atoms with E-state index < -0.39 is 72.4 Å². The fourth-order valence-corrected chi connectivity index (χ4v) is 5.17. The Morgan fingerprint density at radius 3 is 2.00 bits per heavy atom. The predicted octanol–water partition coefficient (Wildman–Crippen LogP) is 1.06. The monoisotopic (exact) mass is 608 g/mol. The Labute approximate surface area is 248 Å². The van der Waals surface area contributed by atoms with Crippen molar-refractivity contribution in [1.82, 2.24) is 18.7 Å². The number of rotatable bonds is 7. The normalized spacial score (nSPS) is 21.5. The summed E-state index contributed by atoms with van der Waals surface area (Å²) in [5.41, 5.74) is -0.617. The van der Waals surface area contributed by atoms with E-state index in [-0.39, 0.29) is 16.7 Å². The summed E-state index contributed by atoms with van der Waals surface area (Å²) in [5.74, 6) is -3.27. The number of carbonyl (C=O) groups excluding carboxylic acids is 4. The number of hydrogen-bond donors (Lipinski definition) is 0. The molecule has 0 spiro atoms. The largest absolute Gasteiger partial charge is 0.463 e. The van der Waals surface area contributed by atoms with Crippen LogP contribution in [0.3, 0.4) is 0 Å². The van der Waals surface area contributed by atoms with E-state index in [2.05, 4.69) is 5.10 Å². The van der Waals surface area contributed by atoms with Gasteiger partial charge in [0, 0.05) is 27.7 Å². The summed E-state index contributed by atoms with van der Waals surface area (Å²) in [5, 5.41) is 4.68. The minimum atomic E-state index is -1.61. The Morgan fingerprint density at radius 2 is 1.36 bits per heavy atom. The lowest BCUT2D eigenvalue weighted by Gasteiger charge is -2.43. The van der Waals surface area contributed by atoms with Crippen molar-refractivity contribution in [3.05, 3.63) is 75.4 Å². The maximum Gasteiger partial charge on any atom is 0.354 e. The number of para-hydroxylation sites is 2. The van der Waals surface area contributed by atoms with E-state index >= 15 is 0 Å². The highest BCUT2D eigenvalue weighted by molar-refractivity contribution is 5.80. The van der Waals surface area contributed by atoms with E-state index in [9.17, 15) is 28.8 Å². The molecule has 3 heterocycles. The van der Waals surface area contributed by atoms with Crippen LogP contribution < -0.4 is 11.2 Å². The van der Waals surface area contributed by atoms with Crippen LogP contribution in [-0.4, -0.2) is 73.6 Å². The molecule has 0 bridgehead atoms. The summed E-state index contributed by atoms with van der Waals surface area (Å²) < 4.78 is 30.9. The van der Waals surface area contributed by atoms with Gasteiger partial charge in [-0.1, -0.05) is 30.3 Å². The van der Waals surface area contributed by atoms with Crippen LogP contribution >= 0.6 is 0 Å². The number of esters is 4. The third-order valence-electron chi connectivity index (χ3n) is 6.78. The summed E-state index contributed by atoms with van der Waals surface area (Å²) in [6.07, 6.45) is -7.45. The van der Waals surface area contributed by atoms with Gasteiger partial charge in [-0.2, -0.15) is 4.68 Å². The maximum absolute atomic E-state index is 14.2. The van der Waals surface area contributed by atoms with Gasteiger partial charge in [-0.15, -0.1) is 5.10 Å². The second kappa shape index (κ2) is 12.1. The molecule has 0 radical (unpaired) electrons. The fraction of sp³-hybridized carbons (Fsp3) is 0.345. The minimum absolute atomic E-state index is 0.0993. The van der Waals surface area contributed by atoms with Crippen molar-refractivity contribution in [2.24, 2.45) is 0 Å². The van der Waals surface area contributed by atoms with Crippen molar-refractivity contribution in [3.63, 3.8) is 0 Å². The zero-order valence-corrected chi connectivity index (χ0v) is 24.1. The SMILES string of the molecule is CC(=O)OC[C@H]1O[C@@H](n2nc3n(-c4ccccc4)c(=O)c4ccccc4n3c2=O)[C@H](OC(C)=O)[C@@H](OC(C)=O)[C@@H]1OC(C)=O. The number of carbonyl (C=O) groups is 4. The molecule has 0 saturated carbocycles. The molecule has 0 aliphatic carbocycles. The molecule has 1 fully saturated rings. The summed E-state index contributed by atoms with van der Waals surface area (Å²) in [4.78, 5) is 76.2. The zero-order valence-electron chi connectivity index (χ0n) is 24.1. The van der Waals surface area contributed by atoms with Crippen molar-refractivity contribution in [3.8, 4) is 5.69 Å². The van der Waals surface area contributed by atoms with Gasteiger partial charge < -0.3 is 23.7 Å². The van der Waals surface area contributed by atoms with Gasteiger partial charge in [0.2, 0.25) is 5.78 Å². The Bertz CT molecular complexity index is 1880. The Hall–Kier alpha value is -5.31. The average molecular weight is 609 g/mol. The first-order chi connectivity index (χ1) is 21.0. The van der Waals surface area contributed by atoms with Crippen LogP contribution in [0.1, 0.15) is 33.9 Å². The van der Waals surface area contributed by atoms with Crippen molar-refractivity contribution in [2.45, 2.75) is 58.3 Å². The van der Waals surface area contributed by atoms with Crippen molar-refractivity contribution in [2.75, 3.05) is 6.61 Å². The van der Waals surface area contributed by atoms with Crippen LogP contribution in [0.25, 0.3) is 22.4 Å². The number of ether oxygens (including phenoxy) is 5. The maximum atomic E-state index is 14.2. The van der Waals surface area contributed by atoms with E-state index in [0.29, 0.717) is 5.69 Å². The Morgan fingerprint density at radius 1 is 0.773 bits per heavy atom. The van der Waals surface area contributed by atoms with Gasteiger partial charge in [-0.25, -0.2) is 13.8 Å². The van der Waals surface area contributed by atoms with E-state index in [0.717, 1.165) is 32.4 Å². The number of nitrogens with zero attached hydrogens (tertiary/aromatic N) is 4. The highest BCUT2D eigenvalue weighted by atomic mass is 16.7. The summed E-state index contributed by atoms with van der Waals surface area (Å²) >= 11 is 0. The molecule has 5 atom stereocenters. The first-order valence-electron chi connectivity index (χ1n) is 13.5. The topological polar surface area (TPSA) is 176 Å². The molecule has 15 nitrogen and oxygen atoms in total. The van der Waals surface area contributed by atoms with E-state index in [1.807, 2.05) is 0 Å². The van der Waals surface area contributed by atoms with Crippen LogP contribution in [0.15, 0.2) is 64.2 Å². The van der Waals surface area contributed by atoms with Crippen LogP contribution in [-0.2, 0) is 42.9 Å². The second-order valence-electron chi connectivity index (χ2n) is 9.95. The minimum Gasteiger partial charge on any atom is -0.463 e. The van der Waals surface area contributed by atoms with Crippen molar-refractivity contribution >= 4 is 40.6 Å². The molecule has 2 aromatic carbocycles. The number of fused-ring (bicyclic) bond motifs is 3. The smallest absolute Gasteiger partial charge is 0.354 e. The molecule has 230 valence electrons. The lowest BCUT2D eigenvalue weighted by molar-refractivity contribution is -0.270. The van der Waals surface area contributed by atoms with Gasteiger partial charge >= 0.3 is 29.6 Å². The molecule has 2 aromatic heterocycles. The van der Waals surface area contributed by atoms with Crippen LogP contribution in [0, 0.1) is 0 Å². The van der Waals surface area contributed by atoms with Gasteiger partial charge in [0.15, 0.2) is 24.5 Å². The molecule has 15 heteroatoms. The first-order valence-corrected chi connectivity index (χ1v) is 13.5. The molecule has 1 saturated heterocycles. The molecule has 0 unspecified atom stereocenters. The molecule has 0 N–H and O–H groups in total. The standard InChI is InChI=1S/C29H28N4O11/c1-15(34)40-14-22-23(41-16(2)35)24(42-17(3)36)25(43-18(4)37)27(44-22)33-29(39)32-21-13-9-8-12-20(21)26(38)31(28(32)30-33)19-10-6-5-7-11-19/h5-13,22-25,27H,14H2,1-4H3/t22-,23-,24+,25-,27-/m1/s1.